The fourth-order valence-electron chi connectivity index (χ4n) is 4.46. The molecule has 6 nitrogen and oxygen atoms in total. The maximum Gasteiger partial charge on any atom is 0.240 e. The highest BCUT2D eigenvalue weighted by Gasteiger charge is 2.03. The molecule has 0 heterocycles. The second-order valence-corrected chi connectivity index (χ2v) is 9.34. The van der Waals surface area contributed by atoms with Crippen molar-refractivity contribution in [2.24, 2.45) is 10.2 Å². The Balaban J connectivity index is 1.03. The second-order valence-electron chi connectivity index (χ2n) is 9.34. The third-order valence-electron chi connectivity index (χ3n) is 6.49. The maximum atomic E-state index is 12.1. The summed E-state index contributed by atoms with van der Waals surface area (Å²) in [6, 6.07) is 28.3. The topological polar surface area (TPSA) is 82.9 Å². The fraction of sp³-hybridized carbons (Fsp3) is 0.250. The lowest BCUT2D eigenvalue weighted by molar-refractivity contribution is -0.122. The Bertz CT molecular complexity index is 1310. The molecule has 4 aromatic carbocycles. The minimum absolute atomic E-state index is 0.0674. The van der Waals surface area contributed by atoms with Crippen LogP contribution in [0.15, 0.2) is 95.1 Å². The van der Waals surface area contributed by atoms with Crippen LogP contribution in [0.5, 0.6) is 0 Å². The SMILES string of the molecule is O=C(CCCCCCCCC(=O)N/N=C/c1cccc2ccccc12)N/N=C\c1cccc2ccccc12. The third-order valence-corrected chi connectivity index (χ3v) is 6.49. The van der Waals surface area contributed by atoms with Crippen molar-refractivity contribution in [2.75, 3.05) is 0 Å². The molecule has 0 aliphatic rings. The van der Waals surface area contributed by atoms with E-state index in [1.165, 1.54) is 0 Å². The number of hydrogen-bond donors (Lipinski definition) is 2. The summed E-state index contributed by atoms with van der Waals surface area (Å²) in [5.41, 5.74) is 7.22. The van der Waals surface area contributed by atoms with Gasteiger partial charge < -0.3 is 0 Å². The number of amides is 2. The Morgan fingerprint density at radius 3 is 1.39 bits per heavy atom. The van der Waals surface area contributed by atoms with Gasteiger partial charge in [0.15, 0.2) is 0 Å². The van der Waals surface area contributed by atoms with E-state index in [4.69, 9.17) is 0 Å². The average Bonchev–Trinajstić information content (AvgIpc) is 2.95. The molecule has 0 radical (unpaired) electrons. The van der Waals surface area contributed by atoms with E-state index in [2.05, 4.69) is 45.3 Å². The minimum Gasteiger partial charge on any atom is -0.273 e. The first-order chi connectivity index (χ1) is 18.7. The highest BCUT2D eigenvalue weighted by Crippen LogP contribution is 2.18. The molecule has 0 bridgehead atoms. The van der Waals surface area contributed by atoms with Crippen LogP contribution in [0.1, 0.15) is 62.5 Å². The van der Waals surface area contributed by atoms with Crippen molar-refractivity contribution < 1.29 is 9.59 Å². The van der Waals surface area contributed by atoms with E-state index >= 15 is 0 Å². The molecule has 38 heavy (non-hydrogen) atoms. The van der Waals surface area contributed by atoms with Gasteiger partial charge in [-0.2, -0.15) is 10.2 Å². The molecule has 0 aromatic heterocycles. The van der Waals surface area contributed by atoms with Crippen LogP contribution in [-0.2, 0) is 9.59 Å². The monoisotopic (exact) mass is 506 g/mol. The van der Waals surface area contributed by atoms with Gasteiger partial charge in [0.2, 0.25) is 11.8 Å². The van der Waals surface area contributed by atoms with Crippen molar-refractivity contribution in [3.8, 4) is 0 Å². The number of benzene rings is 4. The molecule has 0 fully saturated rings. The van der Waals surface area contributed by atoms with E-state index in [0.29, 0.717) is 12.8 Å². The van der Waals surface area contributed by atoms with Crippen LogP contribution in [-0.4, -0.2) is 24.2 Å². The Morgan fingerprint density at radius 2 is 0.921 bits per heavy atom. The van der Waals surface area contributed by atoms with Crippen molar-refractivity contribution in [1.29, 1.82) is 0 Å². The number of hydrazone groups is 2. The van der Waals surface area contributed by atoms with E-state index < -0.39 is 0 Å². The molecule has 0 saturated carbocycles. The Morgan fingerprint density at radius 1 is 0.526 bits per heavy atom. The Hall–Kier alpha value is -4.32. The van der Waals surface area contributed by atoms with E-state index in [0.717, 1.165) is 71.2 Å². The molecule has 2 N–H and O–H groups in total. The van der Waals surface area contributed by atoms with Crippen LogP contribution < -0.4 is 10.9 Å². The second kappa shape index (κ2) is 14.4. The van der Waals surface area contributed by atoms with Gasteiger partial charge in [0.1, 0.15) is 0 Å². The van der Waals surface area contributed by atoms with Gasteiger partial charge in [-0.15, -0.1) is 0 Å². The van der Waals surface area contributed by atoms with Gasteiger partial charge in [-0.1, -0.05) is 111 Å². The number of hydrogen-bond acceptors (Lipinski definition) is 4. The van der Waals surface area contributed by atoms with Crippen LogP contribution >= 0.6 is 0 Å². The summed E-state index contributed by atoms with van der Waals surface area (Å²) in [7, 11) is 0. The van der Waals surface area contributed by atoms with Gasteiger partial charge in [0.25, 0.3) is 0 Å². The number of rotatable bonds is 13. The average molecular weight is 507 g/mol. The Kier molecular flexibility index (Phi) is 10.2. The number of nitrogens with zero attached hydrogens (tertiary/aromatic N) is 2. The number of fused-ring (bicyclic) bond motifs is 2. The normalized spacial score (nSPS) is 11.5. The number of unbranched alkanes of at least 4 members (excludes halogenated alkanes) is 5. The predicted molar refractivity (Wildman–Crippen MR) is 156 cm³/mol. The molecule has 0 saturated heterocycles. The van der Waals surface area contributed by atoms with Crippen LogP contribution in [0.4, 0.5) is 0 Å². The summed E-state index contributed by atoms with van der Waals surface area (Å²) in [5.74, 6) is -0.135. The smallest absolute Gasteiger partial charge is 0.240 e. The zero-order chi connectivity index (χ0) is 26.4. The zero-order valence-electron chi connectivity index (χ0n) is 21.6. The summed E-state index contributed by atoms with van der Waals surface area (Å²) in [5, 5.41) is 12.8. The van der Waals surface area contributed by atoms with Gasteiger partial charge >= 0.3 is 0 Å². The quantitative estimate of drug-likeness (QED) is 0.120. The van der Waals surface area contributed by atoms with Crippen molar-refractivity contribution in [3.63, 3.8) is 0 Å². The van der Waals surface area contributed by atoms with E-state index in [9.17, 15) is 9.59 Å². The van der Waals surface area contributed by atoms with Crippen molar-refractivity contribution in [3.05, 3.63) is 96.1 Å². The first-order valence-corrected chi connectivity index (χ1v) is 13.3. The van der Waals surface area contributed by atoms with Gasteiger partial charge in [0, 0.05) is 24.0 Å². The molecule has 0 aliphatic carbocycles. The summed E-state index contributed by atoms with van der Waals surface area (Å²) in [6.07, 6.45) is 10.1. The van der Waals surface area contributed by atoms with Crippen molar-refractivity contribution in [1.82, 2.24) is 10.9 Å². The van der Waals surface area contributed by atoms with Crippen LogP contribution in [0.2, 0.25) is 0 Å². The lowest BCUT2D eigenvalue weighted by Gasteiger charge is -2.03. The first kappa shape index (κ1) is 26.7. The molecule has 0 spiro atoms. The molecule has 0 unspecified atom stereocenters. The number of nitrogens with one attached hydrogen (secondary N) is 2. The van der Waals surface area contributed by atoms with Crippen molar-refractivity contribution >= 4 is 45.8 Å². The summed E-state index contributed by atoms with van der Waals surface area (Å²) in [4.78, 5) is 24.1. The van der Waals surface area contributed by atoms with Gasteiger partial charge in [-0.25, -0.2) is 10.9 Å². The lowest BCUT2D eigenvalue weighted by Crippen LogP contribution is -2.17. The molecule has 4 aromatic rings. The summed E-state index contributed by atoms with van der Waals surface area (Å²) in [6.45, 7) is 0. The maximum absolute atomic E-state index is 12.1. The molecular weight excluding hydrogens is 472 g/mol. The fourth-order valence-corrected chi connectivity index (χ4v) is 4.46. The standard InChI is InChI=1S/C32H34N4O2/c37-31(35-33-23-27-17-11-15-25-13-7-9-19-29(25)27)21-5-3-1-2-4-6-22-32(38)36-34-24-28-18-12-16-26-14-8-10-20-30(26)28/h7-20,23-24H,1-6,21-22H2,(H,35,37)(H,36,38)/b33-23-,34-24+. The number of carbonyl (C=O) groups is 2. The van der Waals surface area contributed by atoms with Crippen LogP contribution in [0.3, 0.4) is 0 Å². The summed E-state index contributed by atoms with van der Waals surface area (Å²) >= 11 is 0. The highest BCUT2D eigenvalue weighted by atomic mass is 16.2. The molecule has 6 heteroatoms. The molecule has 194 valence electrons. The van der Waals surface area contributed by atoms with Gasteiger partial charge in [-0.05, 0) is 34.4 Å². The van der Waals surface area contributed by atoms with Gasteiger partial charge in [-0.3, -0.25) is 9.59 Å². The zero-order valence-corrected chi connectivity index (χ0v) is 21.6. The minimum atomic E-state index is -0.0674. The predicted octanol–water partition coefficient (Wildman–Crippen LogP) is 6.71. The van der Waals surface area contributed by atoms with Crippen molar-refractivity contribution in [2.45, 2.75) is 51.4 Å². The largest absolute Gasteiger partial charge is 0.273 e. The lowest BCUT2D eigenvalue weighted by atomic mass is 10.1. The number of carbonyl (C=O) groups excluding carboxylic acids is 2. The Labute approximate surface area is 223 Å². The molecule has 0 atom stereocenters. The van der Waals surface area contributed by atoms with Crippen LogP contribution in [0.25, 0.3) is 21.5 Å². The summed E-state index contributed by atoms with van der Waals surface area (Å²) < 4.78 is 0. The van der Waals surface area contributed by atoms with E-state index in [1.807, 2.05) is 60.7 Å². The highest BCUT2D eigenvalue weighted by molar-refractivity contribution is 6.00. The molecule has 2 amide bonds. The van der Waals surface area contributed by atoms with Gasteiger partial charge in [0.05, 0.1) is 12.4 Å². The molecule has 4 rings (SSSR count). The molecular formula is C32H34N4O2. The first-order valence-electron chi connectivity index (χ1n) is 13.3. The van der Waals surface area contributed by atoms with E-state index in [1.54, 1.807) is 12.4 Å². The van der Waals surface area contributed by atoms with E-state index in [-0.39, 0.29) is 11.8 Å². The third kappa shape index (κ3) is 8.10. The van der Waals surface area contributed by atoms with Crippen LogP contribution in [0, 0.1) is 0 Å². The molecule has 0 aliphatic heterocycles.